The van der Waals surface area contributed by atoms with E-state index in [4.69, 9.17) is 0 Å². The van der Waals surface area contributed by atoms with Crippen molar-refractivity contribution in [1.82, 2.24) is 5.32 Å². The highest BCUT2D eigenvalue weighted by Gasteiger charge is 2.29. The maximum atomic E-state index is 12.2. The fraction of sp³-hybridized carbons (Fsp3) is 0.500. The third-order valence-corrected chi connectivity index (χ3v) is 4.86. The lowest BCUT2D eigenvalue weighted by atomic mass is 10.2. The molecule has 1 aliphatic rings. The number of nitrogens with zero attached hydrogens (tertiary/aromatic N) is 1. The van der Waals surface area contributed by atoms with Gasteiger partial charge in [-0.1, -0.05) is 17.7 Å². The van der Waals surface area contributed by atoms with Crippen LogP contribution in [0.2, 0.25) is 0 Å². The molecule has 1 atom stereocenters. The average Bonchev–Trinajstić information content (AvgIpc) is 2.39. The first kappa shape index (κ1) is 12.4. The normalized spacial score (nSPS) is 24.4. The Morgan fingerprint density at radius 3 is 2.59 bits per heavy atom. The van der Waals surface area contributed by atoms with E-state index in [2.05, 4.69) is 5.32 Å². The first-order valence-corrected chi connectivity index (χ1v) is 7.41. The number of anilines is 1. The Hall–Kier alpha value is -1.07. The highest BCUT2D eigenvalue weighted by Crippen LogP contribution is 2.22. The Balaban J connectivity index is 2.41. The molecule has 0 amide bonds. The second-order valence-electron chi connectivity index (χ2n) is 4.50. The van der Waals surface area contributed by atoms with Gasteiger partial charge in [-0.3, -0.25) is 4.31 Å². The predicted octanol–water partition coefficient (Wildman–Crippen LogP) is 1.12. The van der Waals surface area contributed by atoms with Crippen LogP contribution in [0, 0.1) is 6.92 Å². The largest absolute Gasteiger partial charge is 0.314 e. The third kappa shape index (κ3) is 2.61. The monoisotopic (exact) mass is 254 g/mol. The van der Waals surface area contributed by atoms with Crippen LogP contribution in [0.3, 0.4) is 0 Å². The van der Waals surface area contributed by atoms with Gasteiger partial charge in [-0.25, -0.2) is 8.42 Å². The van der Waals surface area contributed by atoms with Gasteiger partial charge in [0.05, 0.1) is 17.5 Å². The van der Waals surface area contributed by atoms with E-state index < -0.39 is 10.0 Å². The molecule has 0 radical (unpaired) electrons. The van der Waals surface area contributed by atoms with E-state index in [0.29, 0.717) is 13.1 Å². The van der Waals surface area contributed by atoms with Gasteiger partial charge in [-0.05, 0) is 26.0 Å². The van der Waals surface area contributed by atoms with Crippen LogP contribution in [-0.4, -0.2) is 33.3 Å². The molecule has 1 saturated heterocycles. The minimum atomic E-state index is -3.20. The molecule has 0 spiro atoms. The molecule has 1 fully saturated rings. The minimum absolute atomic E-state index is 0.0507. The van der Waals surface area contributed by atoms with Crippen molar-refractivity contribution >= 4 is 15.7 Å². The van der Waals surface area contributed by atoms with Crippen LogP contribution in [-0.2, 0) is 10.0 Å². The maximum Gasteiger partial charge on any atom is 0.236 e. The number of benzene rings is 1. The molecule has 1 heterocycles. The number of aryl methyl sites for hydroxylation is 1. The van der Waals surface area contributed by atoms with Crippen molar-refractivity contribution in [2.24, 2.45) is 0 Å². The van der Waals surface area contributed by atoms with Crippen molar-refractivity contribution < 1.29 is 8.42 Å². The Morgan fingerprint density at radius 1 is 1.29 bits per heavy atom. The summed E-state index contributed by atoms with van der Waals surface area (Å²) in [6, 6.07) is 7.57. The summed E-state index contributed by atoms with van der Waals surface area (Å²) in [6.45, 7) is 5.13. The van der Waals surface area contributed by atoms with E-state index in [-0.39, 0.29) is 11.8 Å². The summed E-state index contributed by atoms with van der Waals surface area (Å²) in [7, 11) is -3.20. The molecule has 1 aliphatic heterocycles. The van der Waals surface area contributed by atoms with Crippen molar-refractivity contribution in [2.45, 2.75) is 19.9 Å². The zero-order valence-electron chi connectivity index (χ0n) is 10.2. The van der Waals surface area contributed by atoms with Crippen molar-refractivity contribution in [3.8, 4) is 0 Å². The SMILES string of the molecule is Cc1ccc(N2C(C)CNCCS2(=O)=O)cc1. The average molecular weight is 254 g/mol. The molecule has 1 aromatic rings. The molecule has 5 heteroatoms. The van der Waals surface area contributed by atoms with Gasteiger partial charge in [-0.15, -0.1) is 0 Å². The first-order valence-electron chi connectivity index (χ1n) is 5.80. The molecular weight excluding hydrogens is 236 g/mol. The third-order valence-electron chi connectivity index (χ3n) is 2.97. The molecular formula is C12H18N2O2S. The predicted molar refractivity (Wildman–Crippen MR) is 69.8 cm³/mol. The van der Waals surface area contributed by atoms with Gasteiger partial charge >= 0.3 is 0 Å². The van der Waals surface area contributed by atoms with E-state index in [1.807, 2.05) is 38.1 Å². The number of hydrogen-bond donors (Lipinski definition) is 1. The lowest BCUT2D eigenvalue weighted by molar-refractivity contribution is 0.586. The van der Waals surface area contributed by atoms with Crippen molar-refractivity contribution in [2.75, 3.05) is 23.1 Å². The van der Waals surface area contributed by atoms with Gasteiger partial charge in [0.2, 0.25) is 10.0 Å². The molecule has 4 nitrogen and oxygen atoms in total. The van der Waals surface area contributed by atoms with Crippen LogP contribution in [0.15, 0.2) is 24.3 Å². The Bertz CT molecular complexity index is 482. The lowest BCUT2D eigenvalue weighted by Gasteiger charge is -2.28. The molecule has 1 aromatic carbocycles. The van der Waals surface area contributed by atoms with Crippen LogP contribution in [0.25, 0.3) is 0 Å². The zero-order chi connectivity index (χ0) is 12.5. The Morgan fingerprint density at radius 2 is 1.94 bits per heavy atom. The van der Waals surface area contributed by atoms with Crippen LogP contribution in [0.4, 0.5) is 5.69 Å². The second kappa shape index (κ2) is 4.66. The standard InChI is InChI=1S/C12H18N2O2S/c1-10-3-5-12(6-4-10)14-11(2)9-13-7-8-17(14,15)16/h3-6,11,13H,7-9H2,1-2H3. The minimum Gasteiger partial charge on any atom is -0.314 e. The van der Waals surface area contributed by atoms with Crippen LogP contribution in [0.5, 0.6) is 0 Å². The van der Waals surface area contributed by atoms with E-state index >= 15 is 0 Å². The molecule has 0 aromatic heterocycles. The summed E-state index contributed by atoms with van der Waals surface area (Å²) in [5.41, 5.74) is 1.89. The van der Waals surface area contributed by atoms with Crippen LogP contribution in [0.1, 0.15) is 12.5 Å². The summed E-state index contributed by atoms with van der Waals surface area (Å²) in [5.74, 6) is 0.158. The van der Waals surface area contributed by atoms with Crippen molar-refractivity contribution in [3.05, 3.63) is 29.8 Å². The van der Waals surface area contributed by atoms with Gasteiger partial charge in [0, 0.05) is 13.1 Å². The highest BCUT2D eigenvalue weighted by atomic mass is 32.2. The second-order valence-corrected chi connectivity index (χ2v) is 6.47. The molecule has 1 unspecified atom stereocenters. The molecule has 0 aliphatic carbocycles. The molecule has 0 bridgehead atoms. The summed E-state index contributed by atoms with van der Waals surface area (Å²) >= 11 is 0. The highest BCUT2D eigenvalue weighted by molar-refractivity contribution is 7.92. The van der Waals surface area contributed by atoms with E-state index in [1.165, 1.54) is 4.31 Å². The van der Waals surface area contributed by atoms with Gasteiger partial charge in [-0.2, -0.15) is 0 Å². The molecule has 17 heavy (non-hydrogen) atoms. The fourth-order valence-corrected chi connectivity index (χ4v) is 3.74. The first-order chi connectivity index (χ1) is 8.00. The fourth-order valence-electron chi connectivity index (χ4n) is 2.07. The number of hydrogen-bond acceptors (Lipinski definition) is 3. The van der Waals surface area contributed by atoms with Gasteiger partial charge in [0.1, 0.15) is 0 Å². The molecule has 1 N–H and O–H groups in total. The summed E-state index contributed by atoms with van der Waals surface area (Å²) < 4.78 is 25.9. The van der Waals surface area contributed by atoms with Crippen LogP contribution < -0.4 is 9.62 Å². The lowest BCUT2D eigenvalue weighted by Crippen LogP contribution is -2.41. The van der Waals surface area contributed by atoms with Crippen molar-refractivity contribution in [1.29, 1.82) is 0 Å². The van der Waals surface area contributed by atoms with E-state index in [1.54, 1.807) is 0 Å². The van der Waals surface area contributed by atoms with Crippen LogP contribution >= 0.6 is 0 Å². The summed E-state index contributed by atoms with van der Waals surface area (Å²) in [4.78, 5) is 0. The Kier molecular flexibility index (Phi) is 3.40. The van der Waals surface area contributed by atoms with E-state index in [9.17, 15) is 8.42 Å². The zero-order valence-corrected chi connectivity index (χ0v) is 11.0. The number of rotatable bonds is 1. The molecule has 0 saturated carbocycles. The summed E-state index contributed by atoms with van der Waals surface area (Å²) in [6.07, 6.45) is 0. The summed E-state index contributed by atoms with van der Waals surface area (Å²) in [5, 5.41) is 3.14. The Labute approximate surface area is 103 Å². The molecule has 94 valence electrons. The maximum absolute atomic E-state index is 12.2. The van der Waals surface area contributed by atoms with E-state index in [0.717, 1.165) is 11.3 Å². The number of nitrogens with one attached hydrogen (secondary N) is 1. The van der Waals surface area contributed by atoms with Gasteiger partial charge < -0.3 is 5.32 Å². The van der Waals surface area contributed by atoms with Gasteiger partial charge in [0.15, 0.2) is 0 Å². The smallest absolute Gasteiger partial charge is 0.236 e. The van der Waals surface area contributed by atoms with Gasteiger partial charge in [0.25, 0.3) is 0 Å². The molecule has 2 rings (SSSR count). The van der Waals surface area contributed by atoms with Crippen molar-refractivity contribution in [3.63, 3.8) is 0 Å². The quantitative estimate of drug-likeness (QED) is 0.817. The number of sulfonamides is 1. The topological polar surface area (TPSA) is 49.4 Å².